The number of aliphatic hydroxyl groups excluding tert-OH is 2. The third kappa shape index (κ3) is 2.89. The van der Waals surface area contributed by atoms with Crippen molar-refractivity contribution in [2.24, 2.45) is 11.1 Å². The molecular weight excluding hydrogens is 280 g/mol. The summed E-state index contributed by atoms with van der Waals surface area (Å²) < 4.78 is 6.68. The summed E-state index contributed by atoms with van der Waals surface area (Å²) in [6, 6.07) is 0. The molecule has 1 aromatic rings. The van der Waals surface area contributed by atoms with E-state index >= 15 is 0 Å². The molecule has 9 nitrogen and oxygen atoms in total. The van der Waals surface area contributed by atoms with Gasteiger partial charge in [-0.1, -0.05) is 5.16 Å². The van der Waals surface area contributed by atoms with Crippen LogP contribution in [0.2, 0.25) is 0 Å². The molecule has 0 amide bonds. The standard InChI is InChI=1S/C12H18N4O5/c1-6-4-16(12(19)15-10(6)13)11-9(18)7(3-14-20-2)8(5-17)21-11/h3-4,7-9,11,17-18H,5H2,1-2H3,(H2,13,15,19)/t7?,8-,9?,11-/m1/s1. The minimum atomic E-state index is -1.08. The van der Waals surface area contributed by atoms with Crippen LogP contribution in [0.1, 0.15) is 11.8 Å². The fourth-order valence-corrected chi connectivity index (χ4v) is 2.23. The molecule has 2 heterocycles. The Morgan fingerprint density at radius 1 is 1.67 bits per heavy atom. The first-order valence-corrected chi connectivity index (χ1v) is 6.36. The Morgan fingerprint density at radius 3 is 3.00 bits per heavy atom. The van der Waals surface area contributed by atoms with E-state index in [1.54, 1.807) is 6.92 Å². The maximum atomic E-state index is 11.9. The van der Waals surface area contributed by atoms with Crippen LogP contribution in [-0.4, -0.2) is 51.9 Å². The largest absolute Gasteiger partial charge is 0.399 e. The van der Waals surface area contributed by atoms with Crippen LogP contribution in [-0.2, 0) is 9.57 Å². The second-order valence-corrected chi connectivity index (χ2v) is 4.75. The molecule has 116 valence electrons. The van der Waals surface area contributed by atoms with Gasteiger partial charge in [0.25, 0.3) is 0 Å². The molecule has 0 radical (unpaired) electrons. The van der Waals surface area contributed by atoms with Gasteiger partial charge in [0, 0.05) is 11.8 Å². The van der Waals surface area contributed by atoms with Gasteiger partial charge in [-0.05, 0) is 6.92 Å². The predicted molar refractivity (Wildman–Crippen MR) is 73.6 cm³/mol. The second kappa shape index (κ2) is 6.20. The molecule has 1 aliphatic heterocycles. The Bertz CT molecular complexity index is 588. The second-order valence-electron chi connectivity index (χ2n) is 4.75. The van der Waals surface area contributed by atoms with Crippen molar-refractivity contribution in [1.29, 1.82) is 0 Å². The van der Waals surface area contributed by atoms with Gasteiger partial charge in [-0.3, -0.25) is 4.57 Å². The van der Waals surface area contributed by atoms with E-state index in [2.05, 4.69) is 15.0 Å². The van der Waals surface area contributed by atoms with Crippen LogP contribution in [0.15, 0.2) is 16.1 Å². The van der Waals surface area contributed by atoms with Crippen molar-refractivity contribution >= 4 is 12.0 Å². The summed E-state index contributed by atoms with van der Waals surface area (Å²) in [7, 11) is 1.36. The number of aromatic nitrogens is 2. The van der Waals surface area contributed by atoms with E-state index in [-0.39, 0.29) is 12.4 Å². The highest BCUT2D eigenvalue weighted by Gasteiger charge is 2.44. The Labute approximate surface area is 120 Å². The minimum Gasteiger partial charge on any atom is -0.399 e. The van der Waals surface area contributed by atoms with Crippen LogP contribution in [0.4, 0.5) is 5.82 Å². The van der Waals surface area contributed by atoms with Crippen molar-refractivity contribution in [3.05, 3.63) is 22.2 Å². The summed E-state index contributed by atoms with van der Waals surface area (Å²) >= 11 is 0. The lowest BCUT2D eigenvalue weighted by molar-refractivity contribution is -0.0532. The highest BCUT2D eigenvalue weighted by molar-refractivity contribution is 5.62. The molecule has 0 spiro atoms. The average molecular weight is 298 g/mol. The molecule has 4 N–H and O–H groups in total. The van der Waals surface area contributed by atoms with Gasteiger partial charge in [0.2, 0.25) is 0 Å². The van der Waals surface area contributed by atoms with Crippen molar-refractivity contribution in [3.63, 3.8) is 0 Å². The summed E-state index contributed by atoms with van der Waals surface area (Å²) in [5.41, 5.74) is 5.51. The molecule has 1 aromatic heterocycles. The van der Waals surface area contributed by atoms with Crippen molar-refractivity contribution in [2.75, 3.05) is 19.5 Å². The molecule has 1 saturated heterocycles. The molecule has 0 aliphatic carbocycles. The van der Waals surface area contributed by atoms with Crippen LogP contribution < -0.4 is 11.4 Å². The van der Waals surface area contributed by atoms with E-state index in [1.165, 1.54) is 19.5 Å². The number of nitrogens with two attached hydrogens (primary N) is 1. The molecule has 1 fully saturated rings. The SMILES string of the molecule is CON=CC1C(O)[C@H](n2cc(C)c(N)nc2=O)O[C@@H]1CO. The van der Waals surface area contributed by atoms with E-state index in [9.17, 15) is 15.0 Å². The first kappa shape index (κ1) is 15.4. The lowest BCUT2D eigenvalue weighted by Crippen LogP contribution is -2.34. The maximum Gasteiger partial charge on any atom is 0.351 e. The number of rotatable bonds is 4. The van der Waals surface area contributed by atoms with Crippen molar-refractivity contribution in [2.45, 2.75) is 25.4 Å². The van der Waals surface area contributed by atoms with Crippen LogP contribution in [0.25, 0.3) is 0 Å². The lowest BCUT2D eigenvalue weighted by atomic mass is 10.00. The zero-order chi connectivity index (χ0) is 15.6. The summed E-state index contributed by atoms with van der Waals surface area (Å²) in [6.07, 6.45) is 0.0452. The molecule has 2 unspecified atom stereocenters. The smallest absolute Gasteiger partial charge is 0.351 e. The van der Waals surface area contributed by atoms with Crippen molar-refractivity contribution in [1.82, 2.24) is 9.55 Å². The van der Waals surface area contributed by atoms with Gasteiger partial charge in [0.05, 0.1) is 24.8 Å². The Kier molecular flexibility index (Phi) is 4.56. The number of aliphatic hydroxyl groups is 2. The van der Waals surface area contributed by atoms with Crippen molar-refractivity contribution in [3.8, 4) is 0 Å². The third-order valence-electron chi connectivity index (χ3n) is 3.40. The number of hydrogen-bond donors (Lipinski definition) is 3. The lowest BCUT2D eigenvalue weighted by Gasteiger charge is -2.18. The normalized spacial score (nSPS) is 29.1. The molecule has 0 aromatic carbocycles. The predicted octanol–water partition coefficient (Wildman–Crippen LogP) is -1.37. The molecule has 21 heavy (non-hydrogen) atoms. The number of anilines is 1. The summed E-state index contributed by atoms with van der Waals surface area (Å²) in [4.78, 5) is 20.1. The Hall–Kier alpha value is -1.97. The summed E-state index contributed by atoms with van der Waals surface area (Å²) in [5, 5.41) is 23.2. The molecule has 2 rings (SSSR count). The summed E-state index contributed by atoms with van der Waals surface area (Å²) in [5.74, 6) is -0.482. The Balaban J connectivity index is 2.35. The van der Waals surface area contributed by atoms with E-state index < -0.39 is 30.0 Å². The van der Waals surface area contributed by atoms with Gasteiger partial charge in [-0.25, -0.2) is 4.79 Å². The van der Waals surface area contributed by atoms with Crippen molar-refractivity contribution < 1.29 is 19.8 Å². The van der Waals surface area contributed by atoms with Gasteiger partial charge >= 0.3 is 5.69 Å². The number of nitrogen functional groups attached to an aromatic ring is 1. The molecule has 0 saturated carbocycles. The monoisotopic (exact) mass is 298 g/mol. The number of hydrogen-bond acceptors (Lipinski definition) is 8. The highest BCUT2D eigenvalue weighted by Crippen LogP contribution is 2.32. The van der Waals surface area contributed by atoms with Gasteiger partial charge in [-0.15, -0.1) is 0 Å². The number of nitrogens with zero attached hydrogens (tertiary/aromatic N) is 3. The highest BCUT2D eigenvalue weighted by atomic mass is 16.6. The molecule has 1 aliphatic rings. The maximum absolute atomic E-state index is 11.9. The van der Waals surface area contributed by atoms with Crippen LogP contribution in [0.3, 0.4) is 0 Å². The topological polar surface area (TPSA) is 132 Å². The van der Waals surface area contributed by atoms with E-state index in [0.717, 1.165) is 4.57 Å². The first-order valence-electron chi connectivity index (χ1n) is 6.36. The minimum absolute atomic E-state index is 0.125. The zero-order valence-electron chi connectivity index (χ0n) is 11.7. The van der Waals surface area contributed by atoms with Crippen LogP contribution in [0, 0.1) is 12.8 Å². The van der Waals surface area contributed by atoms with Gasteiger partial charge in [-0.2, -0.15) is 4.98 Å². The fraction of sp³-hybridized carbons (Fsp3) is 0.583. The van der Waals surface area contributed by atoms with E-state index in [0.29, 0.717) is 5.56 Å². The van der Waals surface area contributed by atoms with E-state index in [4.69, 9.17) is 10.5 Å². The number of ether oxygens (including phenoxy) is 1. The number of aryl methyl sites for hydroxylation is 1. The van der Waals surface area contributed by atoms with Gasteiger partial charge in [0.15, 0.2) is 6.23 Å². The first-order chi connectivity index (χ1) is 9.99. The van der Waals surface area contributed by atoms with E-state index in [1.807, 2.05) is 0 Å². The number of oxime groups is 1. The molecule has 0 bridgehead atoms. The molecule has 4 atom stereocenters. The average Bonchev–Trinajstić information content (AvgIpc) is 2.77. The van der Waals surface area contributed by atoms with Gasteiger partial charge in [0.1, 0.15) is 19.0 Å². The van der Waals surface area contributed by atoms with Crippen LogP contribution >= 0.6 is 0 Å². The van der Waals surface area contributed by atoms with Crippen LogP contribution in [0.5, 0.6) is 0 Å². The molecule has 9 heteroatoms. The Morgan fingerprint density at radius 2 is 2.38 bits per heavy atom. The zero-order valence-corrected chi connectivity index (χ0v) is 11.7. The molecular formula is C12H18N4O5. The fourth-order valence-electron chi connectivity index (χ4n) is 2.23. The quantitative estimate of drug-likeness (QED) is 0.461. The summed E-state index contributed by atoms with van der Waals surface area (Å²) in [6.45, 7) is 1.36. The van der Waals surface area contributed by atoms with Gasteiger partial charge < -0.3 is 25.5 Å². The third-order valence-corrected chi connectivity index (χ3v) is 3.40.